The molecule has 1 aromatic rings. The Morgan fingerprint density at radius 3 is 2.59 bits per heavy atom. The van der Waals surface area contributed by atoms with Crippen LogP contribution < -0.4 is 10.6 Å². The van der Waals surface area contributed by atoms with Crippen molar-refractivity contribution in [3.8, 4) is 0 Å². The zero-order chi connectivity index (χ0) is 19.0. The van der Waals surface area contributed by atoms with E-state index in [9.17, 15) is 8.78 Å². The molecule has 0 saturated carbocycles. The van der Waals surface area contributed by atoms with Crippen LogP contribution in [0.4, 0.5) is 8.78 Å². The molecule has 1 aliphatic heterocycles. The van der Waals surface area contributed by atoms with Gasteiger partial charge in [0.05, 0.1) is 19.8 Å². The van der Waals surface area contributed by atoms with Gasteiger partial charge in [-0.05, 0) is 51.0 Å². The van der Waals surface area contributed by atoms with Gasteiger partial charge in [0.1, 0.15) is 11.6 Å². The summed E-state index contributed by atoms with van der Waals surface area (Å²) in [6.45, 7) is 11.5. The Morgan fingerprint density at radius 1 is 1.22 bits per heavy atom. The number of ether oxygens (including phenoxy) is 1. The molecule has 0 spiro atoms. The minimum atomic E-state index is -0.422. The predicted molar refractivity (Wildman–Crippen MR) is 116 cm³/mol. The molecule has 27 heavy (non-hydrogen) atoms. The van der Waals surface area contributed by atoms with Gasteiger partial charge in [0.2, 0.25) is 0 Å². The number of rotatable bonds is 7. The minimum Gasteiger partial charge on any atom is -0.379 e. The van der Waals surface area contributed by atoms with Crippen LogP contribution in [-0.4, -0.2) is 62.3 Å². The summed E-state index contributed by atoms with van der Waals surface area (Å²) in [7, 11) is 0. The third-order valence-corrected chi connectivity index (χ3v) is 4.53. The molecule has 1 fully saturated rings. The van der Waals surface area contributed by atoms with Crippen molar-refractivity contribution in [3.05, 3.63) is 35.4 Å². The average Bonchev–Trinajstić information content (AvgIpc) is 2.63. The second-order valence-electron chi connectivity index (χ2n) is 7.02. The van der Waals surface area contributed by atoms with E-state index in [1.807, 2.05) is 6.92 Å². The van der Waals surface area contributed by atoms with E-state index in [-0.39, 0.29) is 35.3 Å². The van der Waals surface area contributed by atoms with Crippen molar-refractivity contribution in [2.75, 3.05) is 45.9 Å². The summed E-state index contributed by atoms with van der Waals surface area (Å²) in [6, 6.07) is 3.53. The van der Waals surface area contributed by atoms with E-state index in [1.54, 1.807) is 0 Å². The molecule has 5 nitrogen and oxygen atoms in total. The highest BCUT2D eigenvalue weighted by Gasteiger charge is 2.28. The molecule has 0 radical (unpaired) electrons. The predicted octanol–water partition coefficient (Wildman–Crippen LogP) is 2.79. The normalized spacial score (nSPS) is 16.0. The van der Waals surface area contributed by atoms with Crippen molar-refractivity contribution in [1.82, 2.24) is 15.5 Å². The lowest BCUT2D eigenvalue weighted by Crippen LogP contribution is -2.52. The molecule has 8 heteroatoms. The number of morpholine rings is 1. The Balaban J connectivity index is 0.00000364. The number of aliphatic imine (C=N–C) groups is 1. The largest absolute Gasteiger partial charge is 0.379 e. The van der Waals surface area contributed by atoms with Crippen LogP contribution in [-0.2, 0) is 11.2 Å². The summed E-state index contributed by atoms with van der Waals surface area (Å²) in [6.07, 6.45) is 0.390. The SMILES string of the molecule is CCNC(=NCC(C)(C)N1CCOCC1)NCCc1cc(F)ccc1F.I. The lowest BCUT2D eigenvalue weighted by Gasteiger charge is -2.39. The van der Waals surface area contributed by atoms with Crippen LogP contribution in [0.25, 0.3) is 0 Å². The van der Waals surface area contributed by atoms with E-state index in [2.05, 4.69) is 34.4 Å². The molecule has 0 bridgehead atoms. The summed E-state index contributed by atoms with van der Waals surface area (Å²) < 4.78 is 32.4. The quantitative estimate of drug-likeness (QED) is 0.347. The minimum absolute atomic E-state index is 0. The molecule has 0 unspecified atom stereocenters. The van der Waals surface area contributed by atoms with Gasteiger partial charge in [-0.2, -0.15) is 0 Å². The number of nitrogens with one attached hydrogen (secondary N) is 2. The Kier molecular flexibility index (Phi) is 10.5. The Labute approximate surface area is 178 Å². The number of guanidine groups is 1. The van der Waals surface area contributed by atoms with E-state index >= 15 is 0 Å². The molecule has 1 aliphatic rings. The van der Waals surface area contributed by atoms with Crippen molar-refractivity contribution in [3.63, 3.8) is 0 Å². The first-order chi connectivity index (χ1) is 12.4. The van der Waals surface area contributed by atoms with Crippen LogP contribution >= 0.6 is 24.0 Å². The lowest BCUT2D eigenvalue weighted by molar-refractivity contribution is -0.00683. The number of nitrogens with zero attached hydrogens (tertiary/aromatic N) is 2. The highest BCUT2D eigenvalue weighted by atomic mass is 127. The van der Waals surface area contributed by atoms with Gasteiger partial charge in [-0.1, -0.05) is 0 Å². The highest BCUT2D eigenvalue weighted by molar-refractivity contribution is 14.0. The molecule has 2 N–H and O–H groups in total. The van der Waals surface area contributed by atoms with Crippen molar-refractivity contribution < 1.29 is 13.5 Å². The fourth-order valence-corrected chi connectivity index (χ4v) is 2.93. The van der Waals surface area contributed by atoms with E-state index in [0.717, 1.165) is 45.0 Å². The standard InChI is InChI=1S/C19H30F2N4O.HI/c1-4-22-18(23-8-7-15-13-16(20)5-6-17(15)21)24-14-19(2,3)25-9-11-26-12-10-25;/h5-6,13H,4,7-12,14H2,1-3H3,(H2,22,23,24);1H. The molecule has 1 heterocycles. The van der Waals surface area contributed by atoms with Gasteiger partial charge < -0.3 is 15.4 Å². The molecule has 0 atom stereocenters. The molecule has 2 rings (SSSR count). The van der Waals surface area contributed by atoms with E-state index < -0.39 is 5.82 Å². The topological polar surface area (TPSA) is 48.9 Å². The second-order valence-corrected chi connectivity index (χ2v) is 7.02. The molecule has 1 aromatic carbocycles. The first kappa shape index (κ1) is 24.0. The smallest absolute Gasteiger partial charge is 0.191 e. The Hall–Kier alpha value is -1.00. The summed E-state index contributed by atoms with van der Waals surface area (Å²) in [5, 5.41) is 6.40. The average molecular weight is 496 g/mol. The Bertz CT molecular complexity index is 607. The van der Waals surface area contributed by atoms with Gasteiger partial charge in [0, 0.05) is 31.7 Å². The third kappa shape index (κ3) is 7.87. The van der Waals surface area contributed by atoms with Crippen LogP contribution in [0, 0.1) is 11.6 Å². The molecule has 154 valence electrons. The number of hydrogen-bond acceptors (Lipinski definition) is 3. The summed E-state index contributed by atoms with van der Waals surface area (Å²) in [5.41, 5.74) is 0.294. The lowest BCUT2D eigenvalue weighted by atomic mass is 10.0. The van der Waals surface area contributed by atoms with Crippen molar-refractivity contribution in [2.24, 2.45) is 4.99 Å². The molecule has 0 aromatic heterocycles. The molecule has 0 amide bonds. The first-order valence-electron chi connectivity index (χ1n) is 9.21. The molecule has 1 saturated heterocycles. The Morgan fingerprint density at radius 2 is 1.93 bits per heavy atom. The van der Waals surface area contributed by atoms with E-state index in [1.165, 1.54) is 6.07 Å². The van der Waals surface area contributed by atoms with Crippen LogP contribution in [0.5, 0.6) is 0 Å². The van der Waals surface area contributed by atoms with Crippen molar-refractivity contribution >= 4 is 29.9 Å². The highest BCUT2D eigenvalue weighted by Crippen LogP contribution is 2.16. The van der Waals surface area contributed by atoms with Gasteiger partial charge in [-0.15, -0.1) is 24.0 Å². The van der Waals surface area contributed by atoms with Gasteiger partial charge in [-0.3, -0.25) is 9.89 Å². The van der Waals surface area contributed by atoms with E-state index in [4.69, 9.17) is 4.74 Å². The van der Waals surface area contributed by atoms with Gasteiger partial charge in [0.25, 0.3) is 0 Å². The van der Waals surface area contributed by atoms with E-state index in [0.29, 0.717) is 31.0 Å². The van der Waals surface area contributed by atoms with Gasteiger partial charge in [0.15, 0.2) is 5.96 Å². The fraction of sp³-hybridized carbons (Fsp3) is 0.632. The summed E-state index contributed by atoms with van der Waals surface area (Å²) in [4.78, 5) is 7.06. The molecule has 0 aliphatic carbocycles. The number of hydrogen-bond donors (Lipinski definition) is 2. The maximum absolute atomic E-state index is 13.7. The zero-order valence-electron chi connectivity index (χ0n) is 16.4. The molecular formula is C19H31F2IN4O. The summed E-state index contributed by atoms with van der Waals surface area (Å²) >= 11 is 0. The third-order valence-electron chi connectivity index (χ3n) is 4.53. The molecular weight excluding hydrogens is 465 g/mol. The van der Waals surface area contributed by atoms with Crippen molar-refractivity contribution in [1.29, 1.82) is 0 Å². The van der Waals surface area contributed by atoms with Crippen LogP contribution in [0.3, 0.4) is 0 Å². The van der Waals surface area contributed by atoms with Gasteiger partial charge in [-0.25, -0.2) is 8.78 Å². The van der Waals surface area contributed by atoms with Crippen LogP contribution in [0.2, 0.25) is 0 Å². The fourth-order valence-electron chi connectivity index (χ4n) is 2.93. The van der Waals surface area contributed by atoms with Gasteiger partial charge >= 0.3 is 0 Å². The van der Waals surface area contributed by atoms with Crippen LogP contribution in [0.15, 0.2) is 23.2 Å². The number of benzene rings is 1. The first-order valence-corrected chi connectivity index (χ1v) is 9.21. The maximum atomic E-state index is 13.7. The number of halogens is 3. The van der Waals surface area contributed by atoms with Crippen LogP contribution in [0.1, 0.15) is 26.3 Å². The summed E-state index contributed by atoms with van der Waals surface area (Å²) in [5.74, 6) is -0.122. The van der Waals surface area contributed by atoms with Crippen molar-refractivity contribution in [2.45, 2.75) is 32.7 Å². The monoisotopic (exact) mass is 496 g/mol. The zero-order valence-corrected chi connectivity index (χ0v) is 18.7. The maximum Gasteiger partial charge on any atom is 0.191 e. The second kappa shape index (κ2) is 11.8.